The summed E-state index contributed by atoms with van der Waals surface area (Å²) >= 11 is 3.38. The molecule has 1 aromatic heterocycles. The van der Waals surface area contributed by atoms with Crippen molar-refractivity contribution < 1.29 is 14.4 Å². The first-order valence-electron chi connectivity index (χ1n) is 5.59. The summed E-state index contributed by atoms with van der Waals surface area (Å²) in [5.74, 6) is 1.39. The Labute approximate surface area is 114 Å². The van der Waals surface area contributed by atoms with Gasteiger partial charge in [0, 0.05) is 16.1 Å². The highest BCUT2D eigenvalue weighted by atomic mass is 79.9. The van der Waals surface area contributed by atoms with Crippen LogP contribution in [0.2, 0.25) is 0 Å². The quantitative estimate of drug-likeness (QED) is 0.940. The van der Waals surface area contributed by atoms with E-state index in [-0.39, 0.29) is 0 Å². The summed E-state index contributed by atoms with van der Waals surface area (Å²) in [6.07, 6.45) is -0.577. The molecule has 0 aliphatic rings. The van der Waals surface area contributed by atoms with E-state index in [0.29, 0.717) is 12.4 Å². The maximum Gasteiger partial charge on any atom is 0.134 e. The molecule has 2 rings (SSSR count). The van der Waals surface area contributed by atoms with Crippen molar-refractivity contribution in [3.8, 4) is 5.75 Å². The standard InChI is InChI=1S/C13H14BrNO3/c1-8-5-11(15-18-8)7-17-13-6-10(14)3-4-12(13)9(2)16/h3-6,9,16H,7H2,1-2H3/t9-/m0/s1. The van der Waals surface area contributed by atoms with Crippen LogP contribution in [0.1, 0.15) is 30.0 Å². The number of rotatable bonds is 4. The summed E-state index contributed by atoms with van der Waals surface area (Å²) in [5.41, 5.74) is 1.47. The topological polar surface area (TPSA) is 55.5 Å². The third-order valence-electron chi connectivity index (χ3n) is 2.48. The lowest BCUT2D eigenvalue weighted by Crippen LogP contribution is -2.01. The van der Waals surface area contributed by atoms with Gasteiger partial charge in [-0.3, -0.25) is 0 Å². The van der Waals surface area contributed by atoms with Crippen LogP contribution in [0.15, 0.2) is 33.3 Å². The van der Waals surface area contributed by atoms with Crippen LogP contribution in [0.4, 0.5) is 0 Å². The van der Waals surface area contributed by atoms with Gasteiger partial charge in [-0.2, -0.15) is 0 Å². The Morgan fingerprint density at radius 1 is 1.44 bits per heavy atom. The SMILES string of the molecule is Cc1cc(COc2cc(Br)ccc2[C@H](C)O)no1. The van der Waals surface area contributed by atoms with Crippen molar-refractivity contribution in [2.24, 2.45) is 0 Å². The lowest BCUT2D eigenvalue weighted by Gasteiger charge is -2.12. The second kappa shape index (κ2) is 5.54. The van der Waals surface area contributed by atoms with E-state index in [9.17, 15) is 5.11 Å². The van der Waals surface area contributed by atoms with Gasteiger partial charge in [0.1, 0.15) is 23.8 Å². The fraction of sp³-hybridized carbons (Fsp3) is 0.308. The third-order valence-corrected chi connectivity index (χ3v) is 2.97. The van der Waals surface area contributed by atoms with E-state index in [1.165, 1.54) is 0 Å². The van der Waals surface area contributed by atoms with Crippen LogP contribution >= 0.6 is 15.9 Å². The van der Waals surface area contributed by atoms with Crippen LogP contribution in [-0.2, 0) is 6.61 Å². The van der Waals surface area contributed by atoms with Gasteiger partial charge < -0.3 is 14.4 Å². The molecule has 96 valence electrons. The van der Waals surface area contributed by atoms with E-state index in [1.807, 2.05) is 31.2 Å². The van der Waals surface area contributed by atoms with Crippen LogP contribution in [0.25, 0.3) is 0 Å². The van der Waals surface area contributed by atoms with Crippen LogP contribution in [0.3, 0.4) is 0 Å². The zero-order valence-corrected chi connectivity index (χ0v) is 11.8. The molecule has 1 atom stereocenters. The van der Waals surface area contributed by atoms with Crippen LogP contribution < -0.4 is 4.74 Å². The molecule has 0 unspecified atom stereocenters. The number of hydrogen-bond donors (Lipinski definition) is 1. The van der Waals surface area contributed by atoms with Crippen molar-refractivity contribution in [1.82, 2.24) is 5.16 Å². The van der Waals surface area contributed by atoms with Gasteiger partial charge >= 0.3 is 0 Å². The molecule has 0 saturated heterocycles. The molecule has 0 aliphatic heterocycles. The lowest BCUT2D eigenvalue weighted by molar-refractivity contribution is 0.189. The minimum atomic E-state index is -0.577. The number of aromatic nitrogens is 1. The molecule has 0 aliphatic carbocycles. The first kappa shape index (κ1) is 13.1. The highest BCUT2D eigenvalue weighted by Crippen LogP contribution is 2.29. The van der Waals surface area contributed by atoms with E-state index in [2.05, 4.69) is 21.1 Å². The van der Waals surface area contributed by atoms with Gasteiger partial charge in [-0.15, -0.1) is 0 Å². The number of aliphatic hydroxyl groups excluding tert-OH is 1. The smallest absolute Gasteiger partial charge is 0.134 e. The maximum atomic E-state index is 9.67. The van der Waals surface area contributed by atoms with Gasteiger partial charge in [0.05, 0.1) is 6.10 Å². The van der Waals surface area contributed by atoms with E-state index in [4.69, 9.17) is 9.26 Å². The van der Waals surface area contributed by atoms with Crippen molar-refractivity contribution in [2.45, 2.75) is 26.6 Å². The van der Waals surface area contributed by atoms with Crippen molar-refractivity contribution in [3.63, 3.8) is 0 Å². The molecule has 0 bridgehead atoms. The average molecular weight is 312 g/mol. The number of benzene rings is 1. The Balaban J connectivity index is 2.15. The molecule has 0 fully saturated rings. The molecule has 1 heterocycles. The van der Waals surface area contributed by atoms with Crippen molar-refractivity contribution in [2.75, 3.05) is 0 Å². The highest BCUT2D eigenvalue weighted by Gasteiger charge is 2.10. The molecule has 5 heteroatoms. The van der Waals surface area contributed by atoms with E-state index in [0.717, 1.165) is 21.5 Å². The second-order valence-electron chi connectivity index (χ2n) is 4.08. The zero-order chi connectivity index (χ0) is 13.1. The van der Waals surface area contributed by atoms with E-state index < -0.39 is 6.10 Å². The average Bonchev–Trinajstić information content (AvgIpc) is 2.72. The van der Waals surface area contributed by atoms with Crippen molar-refractivity contribution in [3.05, 3.63) is 45.8 Å². The Morgan fingerprint density at radius 3 is 2.83 bits per heavy atom. The summed E-state index contributed by atoms with van der Waals surface area (Å²) < 4.78 is 11.5. The van der Waals surface area contributed by atoms with Crippen molar-refractivity contribution in [1.29, 1.82) is 0 Å². The Hall–Kier alpha value is -1.33. The van der Waals surface area contributed by atoms with Gasteiger partial charge in [0.2, 0.25) is 0 Å². The highest BCUT2D eigenvalue weighted by molar-refractivity contribution is 9.10. The number of nitrogens with zero attached hydrogens (tertiary/aromatic N) is 1. The van der Waals surface area contributed by atoms with E-state index >= 15 is 0 Å². The maximum absolute atomic E-state index is 9.67. The largest absolute Gasteiger partial charge is 0.487 e. The fourth-order valence-corrected chi connectivity index (χ4v) is 1.96. The third kappa shape index (κ3) is 3.11. The van der Waals surface area contributed by atoms with Gasteiger partial charge in [-0.25, -0.2) is 0 Å². The predicted octanol–water partition coefficient (Wildman–Crippen LogP) is 3.38. The first-order valence-corrected chi connectivity index (χ1v) is 6.38. The molecule has 0 spiro atoms. The van der Waals surface area contributed by atoms with E-state index in [1.54, 1.807) is 6.92 Å². The monoisotopic (exact) mass is 311 g/mol. The number of halogens is 1. The van der Waals surface area contributed by atoms with Crippen LogP contribution in [0, 0.1) is 6.92 Å². The Kier molecular flexibility index (Phi) is 4.04. The van der Waals surface area contributed by atoms with Gasteiger partial charge in [-0.1, -0.05) is 27.2 Å². The molecule has 0 radical (unpaired) electrons. The number of aryl methyl sites for hydroxylation is 1. The molecule has 1 aromatic carbocycles. The molecule has 4 nitrogen and oxygen atoms in total. The number of aliphatic hydroxyl groups is 1. The minimum Gasteiger partial charge on any atom is -0.487 e. The molecule has 0 amide bonds. The second-order valence-corrected chi connectivity index (χ2v) is 4.99. The molecular weight excluding hydrogens is 298 g/mol. The Bertz CT molecular complexity index is 537. The summed E-state index contributed by atoms with van der Waals surface area (Å²) in [7, 11) is 0. The molecular formula is C13H14BrNO3. The number of hydrogen-bond acceptors (Lipinski definition) is 4. The summed E-state index contributed by atoms with van der Waals surface area (Å²) in [4.78, 5) is 0. The molecule has 18 heavy (non-hydrogen) atoms. The van der Waals surface area contributed by atoms with Crippen LogP contribution in [0.5, 0.6) is 5.75 Å². The summed E-state index contributed by atoms with van der Waals surface area (Å²) in [6, 6.07) is 7.35. The van der Waals surface area contributed by atoms with Gasteiger partial charge in [-0.05, 0) is 26.0 Å². The zero-order valence-electron chi connectivity index (χ0n) is 10.2. The van der Waals surface area contributed by atoms with Crippen LogP contribution in [-0.4, -0.2) is 10.3 Å². The molecule has 0 saturated carbocycles. The lowest BCUT2D eigenvalue weighted by atomic mass is 10.1. The normalized spacial score (nSPS) is 12.4. The Morgan fingerprint density at radius 2 is 2.22 bits per heavy atom. The molecule has 2 aromatic rings. The fourth-order valence-electron chi connectivity index (χ4n) is 1.62. The summed E-state index contributed by atoms with van der Waals surface area (Å²) in [5, 5.41) is 13.5. The minimum absolute atomic E-state index is 0.313. The van der Waals surface area contributed by atoms with Gasteiger partial charge in [0.25, 0.3) is 0 Å². The predicted molar refractivity (Wildman–Crippen MR) is 70.3 cm³/mol. The summed E-state index contributed by atoms with van der Waals surface area (Å²) in [6.45, 7) is 3.85. The van der Waals surface area contributed by atoms with Crippen molar-refractivity contribution >= 4 is 15.9 Å². The molecule has 1 N–H and O–H groups in total. The number of ether oxygens (including phenoxy) is 1. The van der Waals surface area contributed by atoms with Gasteiger partial charge in [0.15, 0.2) is 0 Å². The first-order chi connectivity index (χ1) is 8.56.